The number of hydrogen-bond donors (Lipinski definition) is 0. The molecule has 7 nitrogen and oxygen atoms in total. The number of hydrogen-bond acceptors (Lipinski definition) is 6. The van der Waals surface area contributed by atoms with Crippen LogP contribution < -0.4 is 9.64 Å². The third-order valence-electron chi connectivity index (χ3n) is 7.01. The Morgan fingerprint density at radius 2 is 1.59 bits per heavy atom. The molecular weight excluding hydrogens is 410 g/mol. The van der Waals surface area contributed by atoms with E-state index in [-0.39, 0.29) is 35.0 Å². The number of carbonyl (C=O) groups is 4. The molecule has 2 aliphatic carbocycles. The quantitative estimate of drug-likeness (QED) is 0.395. The topological polar surface area (TPSA) is 90.0 Å². The summed E-state index contributed by atoms with van der Waals surface area (Å²) in [5, 5.41) is 0. The number of nitrogens with zero attached hydrogens (tertiary/aromatic N) is 1. The number of esters is 1. The number of fused-ring (bicyclic) bond motifs is 5. The molecular formula is C25H23NO6. The normalized spacial score (nSPS) is 25.7. The Labute approximate surface area is 185 Å². The molecule has 4 atom stereocenters. The Morgan fingerprint density at radius 1 is 0.938 bits per heavy atom. The van der Waals surface area contributed by atoms with Gasteiger partial charge in [0.25, 0.3) is 0 Å². The highest BCUT2D eigenvalue weighted by atomic mass is 16.5. The van der Waals surface area contributed by atoms with Crippen LogP contribution in [0.2, 0.25) is 0 Å². The predicted molar refractivity (Wildman–Crippen MR) is 114 cm³/mol. The summed E-state index contributed by atoms with van der Waals surface area (Å²) in [6, 6.07) is 12.8. The van der Waals surface area contributed by atoms with E-state index >= 15 is 0 Å². The van der Waals surface area contributed by atoms with Crippen molar-refractivity contribution in [3.63, 3.8) is 0 Å². The van der Waals surface area contributed by atoms with Crippen molar-refractivity contribution in [2.45, 2.75) is 19.3 Å². The van der Waals surface area contributed by atoms with Crippen molar-refractivity contribution in [2.24, 2.45) is 23.7 Å². The van der Waals surface area contributed by atoms with Crippen LogP contribution in [-0.2, 0) is 14.3 Å². The fourth-order valence-corrected chi connectivity index (χ4v) is 5.51. The summed E-state index contributed by atoms with van der Waals surface area (Å²) in [7, 11) is 1.53. The van der Waals surface area contributed by atoms with Crippen molar-refractivity contribution < 1.29 is 28.7 Å². The van der Waals surface area contributed by atoms with Crippen LogP contribution in [0.1, 0.15) is 40.0 Å². The first-order valence-electron chi connectivity index (χ1n) is 10.8. The zero-order valence-electron chi connectivity index (χ0n) is 17.7. The van der Waals surface area contributed by atoms with E-state index in [1.807, 2.05) is 0 Å². The second-order valence-corrected chi connectivity index (χ2v) is 8.67. The first-order chi connectivity index (χ1) is 15.5. The van der Waals surface area contributed by atoms with E-state index in [9.17, 15) is 19.2 Å². The van der Waals surface area contributed by atoms with Gasteiger partial charge in [0.2, 0.25) is 11.8 Å². The van der Waals surface area contributed by atoms with Crippen molar-refractivity contribution in [2.75, 3.05) is 18.6 Å². The summed E-state index contributed by atoms with van der Waals surface area (Å²) in [5.41, 5.74) is 0.970. The van der Waals surface area contributed by atoms with E-state index in [2.05, 4.69) is 0 Å². The molecule has 2 saturated carbocycles. The van der Waals surface area contributed by atoms with Gasteiger partial charge in [-0.2, -0.15) is 0 Å². The van der Waals surface area contributed by atoms with E-state index < -0.39 is 12.6 Å². The van der Waals surface area contributed by atoms with Gasteiger partial charge in [-0.1, -0.05) is 6.07 Å². The number of rotatable bonds is 6. The summed E-state index contributed by atoms with van der Waals surface area (Å²) in [6.45, 7) is -0.412. The lowest BCUT2D eigenvalue weighted by Gasteiger charge is -2.19. The smallest absolute Gasteiger partial charge is 0.338 e. The Morgan fingerprint density at radius 3 is 2.22 bits per heavy atom. The van der Waals surface area contributed by atoms with Crippen LogP contribution in [0.5, 0.6) is 5.75 Å². The van der Waals surface area contributed by atoms with Gasteiger partial charge in [-0.15, -0.1) is 0 Å². The van der Waals surface area contributed by atoms with Crippen LogP contribution in [-0.4, -0.2) is 37.3 Å². The minimum Gasteiger partial charge on any atom is -0.497 e. The summed E-state index contributed by atoms with van der Waals surface area (Å²) in [5.74, 6) is -0.582. The predicted octanol–water partition coefficient (Wildman–Crippen LogP) is 3.27. The van der Waals surface area contributed by atoms with Crippen LogP contribution >= 0.6 is 0 Å². The van der Waals surface area contributed by atoms with Gasteiger partial charge in [-0.25, -0.2) is 4.79 Å². The summed E-state index contributed by atoms with van der Waals surface area (Å²) < 4.78 is 10.2. The zero-order chi connectivity index (χ0) is 22.4. The average molecular weight is 433 g/mol. The maximum atomic E-state index is 13.0. The summed E-state index contributed by atoms with van der Waals surface area (Å²) >= 11 is 0. The lowest BCUT2D eigenvalue weighted by Crippen LogP contribution is -2.32. The van der Waals surface area contributed by atoms with Gasteiger partial charge < -0.3 is 9.47 Å². The van der Waals surface area contributed by atoms with Crippen molar-refractivity contribution in [1.29, 1.82) is 0 Å². The number of imide groups is 1. The lowest BCUT2D eigenvalue weighted by atomic mass is 9.81. The molecule has 0 aromatic heterocycles. The maximum Gasteiger partial charge on any atom is 0.338 e. The highest BCUT2D eigenvalue weighted by molar-refractivity contribution is 6.22. The monoisotopic (exact) mass is 433 g/mol. The van der Waals surface area contributed by atoms with Crippen molar-refractivity contribution in [3.05, 3.63) is 59.7 Å². The summed E-state index contributed by atoms with van der Waals surface area (Å²) in [6.07, 6.45) is 2.98. The minimum absolute atomic E-state index is 0.160. The molecule has 0 spiro atoms. The van der Waals surface area contributed by atoms with Crippen LogP contribution in [0.3, 0.4) is 0 Å². The van der Waals surface area contributed by atoms with E-state index in [0.717, 1.165) is 19.3 Å². The molecule has 2 bridgehead atoms. The Kier molecular flexibility index (Phi) is 5.04. The molecule has 32 heavy (non-hydrogen) atoms. The number of ketones is 1. The first-order valence-corrected chi connectivity index (χ1v) is 10.8. The molecule has 1 aliphatic heterocycles. The molecule has 5 rings (SSSR count). The highest BCUT2D eigenvalue weighted by Gasteiger charge is 2.61. The fourth-order valence-electron chi connectivity index (χ4n) is 5.51. The largest absolute Gasteiger partial charge is 0.497 e. The Bertz CT molecular complexity index is 1080. The third-order valence-corrected chi connectivity index (χ3v) is 7.01. The molecule has 0 radical (unpaired) electrons. The molecule has 1 saturated heterocycles. The van der Waals surface area contributed by atoms with Gasteiger partial charge in [-0.05, 0) is 73.6 Å². The molecule has 1 heterocycles. The second-order valence-electron chi connectivity index (χ2n) is 8.67. The van der Waals surface area contributed by atoms with Crippen molar-refractivity contribution in [1.82, 2.24) is 0 Å². The maximum absolute atomic E-state index is 13.0. The number of ether oxygens (including phenoxy) is 2. The van der Waals surface area contributed by atoms with Crippen molar-refractivity contribution >= 4 is 29.3 Å². The molecule has 2 aromatic rings. The molecule has 2 aromatic carbocycles. The first kappa shape index (κ1) is 20.4. The second kappa shape index (κ2) is 7.89. The molecule has 2 amide bonds. The molecule has 164 valence electrons. The van der Waals surface area contributed by atoms with Crippen molar-refractivity contribution in [3.8, 4) is 5.75 Å². The lowest BCUT2D eigenvalue weighted by molar-refractivity contribution is -0.123. The standard InChI is InChI=1S/C25H23NO6/c1-31-19-9-7-14(8-10-19)20(27)13-32-25(30)17-3-2-4-18(12-17)26-23(28)21-15-5-6-16(11-15)22(21)24(26)29/h2-4,7-10,12,15-16,21-22H,5-6,11,13H2,1H3/t15-,16+,21-,22-/m0/s1. The highest BCUT2D eigenvalue weighted by Crippen LogP contribution is 2.56. The van der Waals surface area contributed by atoms with Gasteiger partial charge in [0.05, 0.1) is 30.2 Å². The number of carbonyl (C=O) groups excluding carboxylic acids is 4. The average Bonchev–Trinajstić information content (AvgIpc) is 3.51. The molecule has 7 heteroatoms. The summed E-state index contributed by atoms with van der Waals surface area (Å²) in [4.78, 5) is 52.1. The Hall–Kier alpha value is -3.48. The molecule has 0 N–H and O–H groups in total. The SMILES string of the molecule is COc1ccc(C(=O)COC(=O)c2cccc(N3C(=O)[C@H]4[C@@H]5CC[C@@H](C5)[C@@H]4C3=O)c2)cc1. The van der Waals surface area contributed by atoms with Gasteiger partial charge >= 0.3 is 5.97 Å². The van der Waals surface area contributed by atoms with Crippen LogP contribution in [0, 0.1) is 23.7 Å². The molecule has 0 unspecified atom stereocenters. The Balaban J connectivity index is 1.28. The van der Waals surface area contributed by atoms with E-state index in [1.54, 1.807) is 42.5 Å². The van der Waals surface area contributed by atoms with Crippen LogP contribution in [0.25, 0.3) is 0 Å². The third kappa shape index (κ3) is 3.28. The number of Topliss-reactive ketones (excluding diaryl/α,β-unsaturated/α-hetero) is 1. The van der Waals surface area contributed by atoms with E-state index in [0.29, 0.717) is 28.8 Å². The minimum atomic E-state index is -0.687. The van der Waals surface area contributed by atoms with Crippen LogP contribution in [0.4, 0.5) is 5.69 Å². The fraction of sp³-hybridized carbons (Fsp3) is 0.360. The van der Waals surface area contributed by atoms with E-state index in [4.69, 9.17) is 9.47 Å². The van der Waals surface area contributed by atoms with Gasteiger partial charge in [-0.3, -0.25) is 19.3 Å². The van der Waals surface area contributed by atoms with Crippen LogP contribution in [0.15, 0.2) is 48.5 Å². The van der Waals surface area contributed by atoms with E-state index in [1.165, 1.54) is 18.1 Å². The number of anilines is 1. The number of amides is 2. The number of methoxy groups -OCH3 is 1. The van der Waals surface area contributed by atoms with Gasteiger partial charge in [0.15, 0.2) is 12.4 Å². The molecule has 3 fully saturated rings. The zero-order valence-corrected chi connectivity index (χ0v) is 17.7. The van der Waals surface area contributed by atoms with Gasteiger partial charge in [0.1, 0.15) is 5.75 Å². The molecule has 3 aliphatic rings. The number of benzene rings is 2. The van der Waals surface area contributed by atoms with Gasteiger partial charge in [0, 0.05) is 5.56 Å².